The molecule has 1 aliphatic rings. The van der Waals surface area contributed by atoms with Crippen molar-refractivity contribution >= 4 is 6.03 Å². The molecular formula is C15H21FN2O2. The van der Waals surface area contributed by atoms with Crippen LogP contribution in [0.3, 0.4) is 0 Å². The molecule has 1 fully saturated rings. The molecule has 1 saturated carbocycles. The van der Waals surface area contributed by atoms with Crippen LogP contribution in [-0.4, -0.2) is 24.3 Å². The topological polar surface area (TPSA) is 61.4 Å². The van der Waals surface area contributed by atoms with Gasteiger partial charge in [-0.1, -0.05) is 12.1 Å². The number of rotatable bonds is 5. The highest BCUT2D eigenvalue weighted by Gasteiger charge is 2.42. The zero-order valence-electron chi connectivity index (χ0n) is 11.9. The molecule has 1 aromatic rings. The Morgan fingerprint density at radius 3 is 2.75 bits per heavy atom. The Kier molecular flexibility index (Phi) is 4.28. The van der Waals surface area contributed by atoms with Crippen molar-refractivity contribution in [2.24, 2.45) is 5.41 Å². The average Bonchev–Trinajstić information content (AvgIpc) is 3.20. The molecule has 2 rings (SSSR count). The van der Waals surface area contributed by atoms with Gasteiger partial charge in [-0.25, -0.2) is 9.18 Å². The van der Waals surface area contributed by atoms with Crippen molar-refractivity contribution < 1.29 is 14.3 Å². The summed E-state index contributed by atoms with van der Waals surface area (Å²) in [5.74, 6) is -0.270. The monoisotopic (exact) mass is 280 g/mol. The van der Waals surface area contributed by atoms with Gasteiger partial charge in [0.2, 0.25) is 0 Å². The summed E-state index contributed by atoms with van der Waals surface area (Å²) in [6.45, 7) is 4.09. The Hall–Kier alpha value is -1.62. The van der Waals surface area contributed by atoms with Crippen LogP contribution < -0.4 is 10.6 Å². The number of carbonyl (C=O) groups excluding carboxylic acids is 1. The number of hydrogen-bond acceptors (Lipinski definition) is 2. The number of hydrogen-bond donors (Lipinski definition) is 3. The summed E-state index contributed by atoms with van der Waals surface area (Å²) in [7, 11) is 0. The molecule has 0 aromatic heterocycles. The van der Waals surface area contributed by atoms with Gasteiger partial charge in [-0.2, -0.15) is 0 Å². The van der Waals surface area contributed by atoms with E-state index in [1.54, 1.807) is 19.1 Å². The number of halogens is 1. The molecule has 1 aromatic carbocycles. The third-order valence-electron chi connectivity index (χ3n) is 3.96. The van der Waals surface area contributed by atoms with Crippen LogP contribution in [0.4, 0.5) is 9.18 Å². The third kappa shape index (κ3) is 3.48. The first kappa shape index (κ1) is 14.8. The highest BCUT2D eigenvalue weighted by atomic mass is 19.1. The van der Waals surface area contributed by atoms with Crippen molar-refractivity contribution in [2.75, 3.05) is 13.2 Å². The number of amides is 2. The van der Waals surface area contributed by atoms with Gasteiger partial charge >= 0.3 is 6.03 Å². The molecule has 4 nitrogen and oxygen atoms in total. The predicted molar refractivity (Wildman–Crippen MR) is 74.8 cm³/mol. The van der Waals surface area contributed by atoms with Crippen LogP contribution >= 0.6 is 0 Å². The van der Waals surface area contributed by atoms with Gasteiger partial charge in [-0.3, -0.25) is 0 Å². The van der Waals surface area contributed by atoms with Gasteiger partial charge in [0.25, 0.3) is 0 Å². The lowest BCUT2D eigenvalue weighted by Crippen LogP contribution is -2.40. The van der Waals surface area contributed by atoms with Gasteiger partial charge < -0.3 is 15.7 Å². The van der Waals surface area contributed by atoms with Crippen LogP contribution in [0, 0.1) is 18.2 Å². The van der Waals surface area contributed by atoms with Crippen LogP contribution in [-0.2, 0) is 0 Å². The Morgan fingerprint density at radius 1 is 1.50 bits per heavy atom. The minimum Gasteiger partial charge on any atom is -0.396 e. The van der Waals surface area contributed by atoms with Gasteiger partial charge in [-0.15, -0.1) is 0 Å². The van der Waals surface area contributed by atoms with E-state index < -0.39 is 0 Å². The first-order valence-electron chi connectivity index (χ1n) is 6.87. The summed E-state index contributed by atoms with van der Waals surface area (Å²) in [5.41, 5.74) is 1.20. The largest absolute Gasteiger partial charge is 0.396 e. The van der Waals surface area contributed by atoms with Crippen LogP contribution in [0.15, 0.2) is 18.2 Å². The minimum atomic E-state index is -0.293. The lowest BCUT2D eigenvalue weighted by molar-refractivity contribution is 0.202. The number of urea groups is 1. The van der Waals surface area contributed by atoms with Crippen molar-refractivity contribution in [1.29, 1.82) is 0 Å². The van der Waals surface area contributed by atoms with Crippen LogP contribution in [0.2, 0.25) is 0 Å². The average molecular weight is 280 g/mol. The summed E-state index contributed by atoms with van der Waals surface area (Å²) < 4.78 is 13.5. The maximum absolute atomic E-state index is 13.5. The Balaban J connectivity index is 1.85. The van der Waals surface area contributed by atoms with E-state index in [0.29, 0.717) is 12.1 Å². The second-order valence-electron chi connectivity index (χ2n) is 5.72. The SMILES string of the molecule is Cc1ccc(C(C)NC(=O)NCC2(CO)CC2)cc1F. The van der Waals surface area contributed by atoms with E-state index in [1.807, 2.05) is 6.92 Å². The number of aliphatic hydroxyl groups excluding tert-OH is 1. The van der Waals surface area contributed by atoms with Gasteiger partial charge in [0.15, 0.2) is 0 Å². The Morgan fingerprint density at radius 2 is 2.20 bits per heavy atom. The van der Waals surface area contributed by atoms with Gasteiger partial charge in [0, 0.05) is 12.0 Å². The van der Waals surface area contributed by atoms with Crippen molar-refractivity contribution in [1.82, 2.24) is 10.6 Å². The van der Waals surface area contributed by atoms with E-state index in [9.17, 15) is 14.3 Å². The molecule has 1 unspecified atom stereocenters. The van der Waals surface area contributed by atoms with E-state index in [-0.39, 0.29) is 29.9 Å². The second-order valence-corrected chi connectivity index (χ2v) is 5.72. The number of carbonyl (C=O) groups is 1. The fourth-order valence-electron chi connectivity index (χ4n) is 2.04. The van der Waals surface area contributed by atoms with Crippen LogP contribution in [0.25, 0.3) is 0 Å². The zero-order chi connectivity index (χ0) is 14.8. The summed E-state index contributed by atoms with van der Waals surface area (Å²) >= 11 is 0. The molecule has 0 heterocycles. The van der Waals surface area contributed by atoms with Gasteiger partial charge in [0.1, 0.15) is 5.82 Å². The second kappa shape index (κ2) is 5.79. The molecule has 1 atom stereocenters. The molecule has 5 heteroatoms. The summed E-state index contributed by atoms with van der Waals surface area (Å²) in [6, 6.07) is 4.38. The molecule has 20 heavy (non-hydrogen) atoms. The molecule has 2 amide bonds. The van der Waals surface area contributed by atoms with E-state index in [0.717, 1.165) is 18.4 Å². The minimum absolute atomic E-state index is 0.103. The normalized spacial score (nSPS) is 17.4. The van der Waals surface area contributed by atoms with Gasteiger partial charge in [-0.05, 0) is 43.9 Å². The van der Waals surface area contributed by atoms with E-state index in [2.05, 4.69) is 10.6 Å². The van der Waals surface area contributed by atoms with Gasteiger partial charge in [0.05, 0.1) is 12.6 Å². The molecule has 0 spiro atoms. The van der Waals surface area contributed by atoms with Crippen molar-refractivity contribution in [3.8, 4) is 0 Å². The van der Waals surface area contributed by atoms with Crippen molar-refractivity contribution in [2.45, 2.75) is 32.7 Å². The smallest absolute Gasteiger partial charge is 0.315 e. The molecule has 0 radical (unpaired) electrons. The molecule has 0 bridgehead atoms. The van der Waals surface area contributed by atoms with E-state index in [1.165, 1.54) is 6.07 Å². The molecular weight excluding hydrogens is 259 g/mol. The molecule has 3 N–H and O–H groups in total. The highest BCUT2D eigenvalue weighted by molar-refractivity contribution is 5.74. The third-order valence-corrected chi connectivity index (χ3v) is 3.96. The summed E-state index contributed by atoms with van der Waals surface area (Å²) in [4.78, 5) is 11.8. The summed E-state index contributed by atoms with van der Waals surface area (Å²) in [6.07, 6.45) is 1.89. The van der Waals surface area contributed by atoms with E-state index in [4.69, 9.17) is 0 Å². The molecule has 0 aliphatic heterocycles. The highest BCUT2D eigenvalue weighted by Crippen LogP contribution is 2.44. The predicted octanol–water partition coefficient (Wildman–Crippen LogP) is 2.27. The summed E-state index contributed by atoms with van der Waals surface area (Å²) in [5, 5.41) is 14.7. The standard InChI is InChI=1S/C15H21FN2O2/c1-10-3-4-12(7-13(10)16)11(2)18-14(20)17-8-15(9-19)5-6-15/h3-4,7,11,19H,5-6,8-9H2,1-2H3,(H2,17,18,20). The maximum Gasteiger partial charge on any atom is 0.315 e. The Bertz CT molecular complexity index is 501. The number of nitrogens with one attached hydrogen (secondary N) is 2. The van der Waals surface area contributed by atoms with Crippen LogP contribution in [0.5, 0.6) is 0 Å². The number of aryl methyl sites for hydroxylation is 1. The quantitative estimate of drug-likeness (QED) is 0.775. The van der Waals surface area contributed by atoms with E-state index >= 15 is 0 Å². The lowest BCUT2D eigenvalue weighted by atomic mass is 10.1. The number of aliphatic hydroxyl groups is 1. The molecule has 0 saturated heterocycles. The number of benzene rings is 1. The fraction of sp³-hybridized carbons (Fsp3) is 0.533. The van der Waals surface area contributed by atoms with Crippen LogP contribution in [0.1, 0.15) is 36.9 Å². The Labute approximate surface area is 118 Å². The fourth-order valence-corrected chi connectivity index (χ4v) is 2.04. The lowest BCUT2D eigenvalue weighted by Gasteiger charge is -2.17. The molecule has 1 aliphatic carbocycles. The first-order chi connectivity index (χ1) is 9.46. The van der Waals surface area contributed by atoms with Crippen molar-refractivity contribution in [3.05, 3.63) is 35.1 Å². The first-order valence-corrected chi connectivity index (χ1v) is 6.87. The van der Waals surface area contributed by atoms with Crippen molar-refractivity contribution in [3.63, 3.8) is 0 Å². The maximum atomic E-state index is 13.5. The zero-order valence-corrected chi connectivity index (χ0v) is 11.9. The molecule has 110 valence electrons.